The van der Waals surface area contributed by atoms with E-state index in [2.05, 4.69) is 11.4 Å². The van der Waals surface area contributed by atoms with Crippen LogP contribution in [0.15, 0.2) is 30.3 Å². The number of morpholine rings is 1. The highest BCUT2D eigenvalue weighted by atomic mass is 16.5. The molecule has 3 nitrogen and oxygen atoms in total. The van der Waals surface area contributed by atoms with Crippen LogP contribution in [0.3, 0.4) is 0 Å². The first-order valence-electron chi connectivity index (χ1n) is 4.71. The Morgan fingerprint density at radius 2 is 2.07 bits per heavy atom. The van der Waals surface area contributed by atoms with E-state index in [9.17, 15) is 0 Å². The van der Waals surface area contributed by atoms with Gasteiger partial charge in [-0.25, -0.2) is 0 Å². The Kier molecular flexibility index (Phi) is 2.78. The molecule has 2 atom stereocenters. The van der Waals surface area contributed by atoms with E-state index in [-0.39, 0.29) is 12.2 Å². The van der Waals surface area contributed by atoms with Crippen molar-refractivity contribution in [3.05, 3.63) is 35.9 Å². The minimum Gasteiger partial charge on any atom is -0.353 e. The van der Waals surface area contributed by atoms with Crippen LogP contribution >= 0.6 is 0 Å². The van der Waals surface area contributed by atoms with Gasteiger partial charge in [-0.1, -0.05) is 30.3 Å². The quantitative estimate of drug-likeness (QED) is 0.721. The lowest BCUT2D eigenvalue weighted by atomic mass is 10.1. The van der Waals surface area contributed by atoms with E-state index in [4.69, 9.17) is 10.00 Å². The second-order valence-electron chi connectivity index (χ2n) is 3.31. The molecular formula is C11H12N2O. The standard InChI is InChI=1S/C11H12N2O/c12-6-10-7-13-8-11(14-10)9-4-2-1-3-5-9/h1-5,10-11,13H,7-8H2. The van der Waals surface area contributed by atoms with Crippen LogP contribution < -0.4 is 5.32 Å². The number of nitriles is 1. The summed E-state index contributed by atoms with van der Waals surface area (Å²) in [5, 5.41) is 11.9. The molecule has 0 bridgehead atoms. The molecule has 1 heterocycles. The third kappa shape index (κ3) is 1.92. The third-order valence-electron chi connectivity index (χ3n) is 2.30. The van der Waals surface area contributed by atoms with Crippen molar-refractivity contribution in [2.24, 2.45) is 0 Å². The van der Waals surface area contributed by atoms with E-state index >= 15 is 0 Å². The fourth-order valence-electron chi connectivity index (χ4n) is 1.58. The molecule has 14 heavy (non-hydrogen) atoms. The largest absolute Gasteiger partial charge is 0.353 e. The molecule has 0 aliphatic carbocycles. The molecule has 1 N–H and O–H groups in total. The van der Waals surface area contributed by atoms with E-state index in [1.807, 2.05) is 30.3 Å². The summed E-state index contributed by atoms with van der Waals surface area (Å²) in [7, 11) is 0. The molecular weight excluding hydrogens is 176 g/mol. The van der Waals surface area contributed by atoms with Gasteiger partial charge in [-0.3, -0.25) is 0 Å². The lowest BCUT2D eigenvalue weighted by Gasteiger charge is -2.27. The van der Waals surface area contributed by atoms with E-state index in [0.29, 0.717) is 6.54 Å². The van der Waals surface area contributed by atoms with E-state index in [1.54, 1.807) is 0 Å². The van der Waals surface area contributed by atoms with Gasteiger partial charge in [-0.15, -0.1) is 0 Å². The van der Waals surface area contributed by atoms with Crippen molar-refractivity contribution < 1.29 is 4.74 Å². The maximum absolute atomic E-state index is 8.74. The highest BCUT2D eigenvalue weighted by Crippen LogP contribution is 2.20. The van der Waals surface area contributed by atoms with Crippen LogP contribution in [0.1, 0.15) is 11.7 Å². The van der Waals surface area contributed by atoms with Crippen molar-refractivity contribution in [1.82, 2.24) is 5.32 Å². The van der Waals surface area contributed by atoms with Crippen molar-refractivity contribution in [3.8, 4) is 6.07 Å². The average molecular weight is 188 g/mol. The summed E-state index contributed by atoms with van der Waals surface area (Å²) < 4.78 is 5.60. The fourth-order valence-corrected chi connectivity index (χ4v) is 1.58. The van der Waals surface area contributed by atoms with Crippen LogP contribution in [0.25, 0.3) is 0 Å². The number of hydrogen-bond donors (Lipinski definition) is 1. The Labute approximate surface area is 83.3 Å². The molecule has 0 saturated carbocycles. The summed E-state index contributed by atoms with van der Waals surface area (Å²) in [4.78, 5) is 0. The molecule has 72 valence electrons. The average Bonchev–Trinajstić information content (AvgIpc) is 2.30. The molecule has 2 unspecified atom stereocenters. The Hall–Kier alpha value is -1.37. The lowest BCUT2D eigenvalue weighted by Crippen LogP contribution is -2.39. The Balaban J connectivity index is 2.09. The Morgan fingerprint density at radius 3 is 2.79 bits per heavy atom. The van der Waals surface area contributed by atoms with Gasteiger partial charge in [0.15, 0.2) is 6.10 Å². The van der Waals surface area contributed by atoms with Crippen molar-refractivity contribution in [1.29, 1.82) is 5.26 Å². The zero-order chi connectivity index (χ0) is 9.80. The summed E-state index contributed by atoms with van der Waals surface area (Å²) in [6, 6.07) is 12.1. The van der Waals surface area contributed by atoms with Gasteiger partial charge < -0.3 is 10.1 Å². The molecule has 2 rings (SSSR count). The molecule has 3 heteroatoms. The predicted molar refractivity (Wildman–Crippen MR) is 52.5 cm³/mol. The zero-order valence-corrected chi connectivity index (χ0v) is 7.81. The number of hydrogen-bond acceptors (Lipinski definition) is 3. The van der Waals surface area contributed by atoms with E-state index in [0.717, 1.165) is 12.1 Å². The number of benzene rings is 1. The van der Waals surface area contributed by atoms with Crippen molar-refractivity contribution in [2.45, 2.75) is 12.2 Å². The van der Waals surface area contributed by atoms with Gasteiger partial charge in [0.2, 0.25) is 0 Å². The summed E-state index contributed by atoms with van der Waals surface area (Å²) in [5.74, 6) is 0. The molecule has 0 radical (unpaired) electrons. The Bertz CT molecular complexity index is 331. The van der Waals surface area contributed by atoms with Crippen LogP contribution in [-0.2, 0) is 4.74 Å². The van der Waals surface area contributed by atoms with Crippen molar-refractivity contribution in [3.63, 3.8) is 0 Å². The Morgan fingerprint density at radius 1 is 1.29 bits per heavy atom. The minimum atomic E-state index is -0.325. The summed E-state index contributed by atoms with van der Waals surface area (Å²) in [6.07, 6.45) is -0.316. The summed E-state index contributed by atoms with van der Waals surface area (Å²) in [5.41, 5.74) is 1.12. The fraction of sp³-hybridized carbons (Fsp3) is 0.364. The van der Waals surface area contributed by atoms with Gasteiger partial charge >= 0.3 is 0 Å². The highest BCUT2D eigenvalue weighted by Gasteiger charge is 2.22. The predicted octanol–water partition coefficient (Wildman–Crippen LogP) is 1.24. The van der Waals surface area contributed by atoms with Crippen molar-refractivity contribution >= 4 is 0 Å². The molecule has 1 saturated heterocycles. The second kappa shape index (κ2) is 4.23. The lowest BCUT2D eigenvalue weighted by molar-refractivity contribution is -0.0100. The smallest absolute Gasteiger partial charge is 0.157 e. The molecule has 0 amide bonds. The summed E-state index contributed by atoms with van der Waals surface area (Å²) >= 11 is 0. The molecule has 0 aromatic heterocycles. The monoisotopic (exact) mass is 188 g/mol. The maximum Gasteiger partial charge on any atom is 0.157 e. The molecule has 1 aliphatic heterocycles. The third-order valence-corrected chi connectivity index (χ3v) is 2.30. The first-order valence-corrected chi connectivity index (χ1v) is 4.71. The number of rotatable bonds is 1. The molecule has 0 spiro atoms. The zero-order valence-electron chi connectivity index (χ0n) is 7.81. The molecule has 1 aromatic rings. The van der Waals surface area contributed by atoms with Crippen LogP contribution in [0.5, 0.6) is 0 Å². The van der Waals surface area contributed by atoms with E-state index < -0.39 is 0 Å². The van der Waals surface area contributed by atoms with Crippen LogP contribution in [0.4, 0.5) is 0 Å². The first-order chi connectivity index (χ1) is 6.90. The van der Waals surface area contributed by atoms with Crippen LogP contribution in [0, 0.1) is 11.3 Å². The van der Waals surface area contributed by atoms with Crippen LogP contribution in [0.2, 0.25) is 0 Å². The SMILES string of the molecule is N#CC1CNCC(c2ccccc2)O1. The van der Waals surface area contributed by atoms with Gasteiger partial charge in [0.1, 0.15) is 0 Å². The highest BCUT2D eigenvalue weighted by molar-refractivity contribution is 5.18. The number of nitrogens with zero attached hydrogens (tertiary/aromatic N) is 1. The maximum atomic E-state index is 8.74. The molecule has 1 fully saturated rings. The van der Waals surface area contributed by atoms with E-state index in [1.165, 1.54) is 0 Å². The topological polar surface area (TPSA) is 45.0 Å². The van der Waals surface area contributed by atoms with Gasteiger partial charge in [0.05, 0.1) is 12.2 Å². The van der Waals surface area contributed by atoms with Crippen LogP contribution in [-0.4, -0.2) is 19.2 Å². The van der Waals surface area contributed by atoms with Gasteiger partial charge in [0, 0.05) is 13.1 Å². The summed E-state index contributed by atoms with van der Waals surface area (Å²) in [6.45, 7) is 1.40. The van der Waals surface area contributed by atoms with Gasteiger partial charge in [0.25, 0.3) is 0 Å². The molecule has 1 aliphatic rings. The number of nitrogens with one attached hydrogen (secondary N) is 1. The second-order valence-corrected chi connectivity index (χ2v) is 3.31. The van der Waals surface area contributed by atoms with Gasteiger partial charge in [-0.2, -0.15) is 5.26 Å². The van der Waals surface area contributed by atoms with Crippen molar-refractivity contribution in [2.75, 3.05) is 13.1 Å². The first kappa shape index (κ1) is 9.20. The minimum absolute atomic E-state index is 0.00889. The number of ether oxygens (including phenoxy) is 1. The molecule has 1 aromatic carbocycles. The van der Waals surface area contributed by atoms with Gasteiger partial charge in [-0.05, 0) is 5.56 Å². The normalized spacial score (nSPS) is 26.8.